The molecule has 0 radical (unpaired) electrons. The van der Waals surface area contributed by atoms with E-state index in [2.05, 4.69) is 4.98 Å². The number of nitrogens with one attached hydrogen (secondary N) is 1. The number of nitro groups is 1. The third-order valence-electron chi connectivity index (χ3n) is 2.46. The fourth-order valence-corrected chi connectivity index (χ4v) is 1.54. The van der Waals surface area contributed by atoms with E-state index in [0.717, 1.165) is 17.0 Å². The minimum atomic E-state index is -2.86. The summed E-state index contributed by atoms with van der Waals surface area (Å²) in [6.45, 7) is -3.30. The molecule has 0 spiro atoms. The molecular formula is C9H7F2N5O4. The molecule has 0 atom stereocenters. The number of aromatic amines is 1. The zero-order valence-corrected chi connectivity index (χ0v) is 9.69. The minimum absolute atomic E-state index is 0.177. The van der Waals surface area contributed by atoms with Crippen LogP contribution < -0.4 is 11.2 Å². The van der Waals surface area contributed by atoms with E-state index in [0.29, 0.717) is 10.8 Å². The van der Waals surface area contributed by atoms with Gasteiger partial charge in [0.2, 0.25) is 0 Å². The van der Waals surface area contributed by atoms with Crippen LogP contribution >= 0.6 is 0 Å². The van der Waals surface area contributed by atoms with Crippen molar-refractivity contribution in [2.45, 2.75) is 13.1 Å². The van der Waals surface area contributed by atoms with Crippen molar-refractivity contribution in [1.29, 1.82) is 0 Å². The van der Waals surface area contributed by atoms with Crippen molar-refractivity contribution in [3.05, 3.63) is 55.4 Å². The van der Waals surface area contributed by atoms with Crippen molar-refractivity contribution in [3.63, 3.8) is 0 Å². The summed E-state index contributed by atoms with van der Waals surface area (Å²) >= 11 is 0. The second-order valence-electron chi connectivity index (χ2n) is 3.69. The summed E-state index contributed by atoms with van der Waals surface area (Å²) in [5, 5.41) is 10.6. The molecule has 0 aliphatic rings. The summed E-state index contributed by atoms with van der Waals surface area (Å²) in [5.41, 5.74) is -2.97. The van der Waals surface area contributed by atoms with Crippen molar-refractivity contribution in [3.8, 4) is 0 Å². The van der Waals surface area contributed by atoms with Crippen molar-refractivity contribution in [1.82, 2.24) is 19.1 Å². The Kier molecular flexibility index (Phi) is 3.41. The highest BCUT2D eigenvalue weighted by Gasteiger charge is 2.17. The molecule has 0 unspecified atom stereocenters. The van der Waals surface area contributed by atoms with Gasteiger partial charge in [-0.2, -0.15) is 8.78 Å². The highest BCUT2D eigenvalue weighted by molar-refractivity contribution is 5.21. The molecule has 2 aromatic rings. The van der Waals surface area contributed by atoms with Gasteiger partial charge in [0, 0.05) is 12.4 Å². The van der Waals surface area contributed by atoms with Gasteiger partial charge in [0.25, 0.3) is 0 Å². The first kappa shape index (κ1) is 13.6. The second kappa shape index (κ2) is 5.03. The van der Waals surface area contributed by atoms with Crippen LogP contribution in [0.1, 0.15) is 12.4 Å². The van der Waals surface area contributed by atoms with E-state index in [1.165, 1.54) is 0 Å². The first-order valence-corrected chi connectivity index (χ1v) is 5.18. The fourth-order valence-electron chi connectivity index (χ4n) is 1.54. The quantitative estimate of drug-likeness (QED) is 0.631. The first-order chi connectivity index (χ1) is 9.40. The first-order valence-electron chi connectivity index (χ1n) is 5.18. The predicted molar refractivity (Wildman–Crippen MR) is 60.6 cm³/mol. The van der Waals surface area contributed by atoms with Crippen molar-refractivity contribution in [2.24, 2.45) is 0 Å². The summed E-state index contributed by atoms with van der Waals surface area (Å²) in [6.07, 6.45) is 2.80. The minimum Gasteiger partial charge on any atom is -0.286 e. The Hall–Kier alpha value is -2.85. The molecule has 2 rings (SSSR count). The van der Waals surface area contributed by atoms with Crippen LogP contribution in [0.3, 0.4) is 0 Å². The maximum atomic E-state index is 12.6. The highest BCUT2D eigenvalue weighted by atomic mass is 19.3. The number of rotatable bonds is 4. The van der Waals surface area contributed by atoms with Crippen LogP contribution in [0.4, 0.5) is 14.5 Å². The van der Waals surface area contributed by atoms with Gasteiger partial charge in [-0.1, -0.05) is 0 Å². The molecule has 106 valence electrons. The molecule has 0 saturated carbocycles. The molecule has 0 saturated heterocycles. The van der Waals surface area contributed by atoms with E-state index in [-0.39, 0.29) is 5.82 Å². The molecule has 0 bridgehead atoms. The maximum Gasteiger partial charge on any atom is 0.350 e. The Morgan fingerprint density at radius 2 is 2.15 bits per heavy atom. The second-order valence-corrected chi connectivity index (χ2v) is 3.69. The standard InChI is InChI=1S/C9H7F2N5O4/c10-8(11)15-2-1-12-6(15)4-14-3-5(16(19)20)7(17)13-9(14)18/h1-3,8H,4H2,(H,13,17,18). The molecule has 0 fully saturated rings. The Morgan fingerprint density at radius 3 is 2.75 bits per heavy atom. The van der Waals surface area contributed by atoms with Crippen molar-refractivity contribution < 1.29 is 13.7 Å². The predicted octanol–water partition coefficient (Wildman–Crippen LogP) is 0.0847. The topological polar surface area (TPSA) is 116 Å². The number of hydrogen-bond acceptors (Lipinski definition) is 5. The molecule has 0 aromatic carbocycles. The van der Waals surface area contributed by atoms with Crippen LogP contribution in [-0.2, 0) is 6.54 Å². The van der Waals surface area contributed by atoms with Gasteiger partial charge in [-0.05, 0) is 0 Å². The monoisotopic (exact) mass is 287 g/mol. The van der Waals surface area contributed by atoms with Gasteiger partial charge in [-0.3, -0.25) is 29.0 Å². The molecule has 11 heteroatoms. The van der Waals surface area contributed by atoms with Crippen LogP contribution in [-0.4, -0.2) is 24.0 Å². The van der Waals surface area contributed by atoms with Gasteiger partial charge in [0.05, 0.1) is 17.7 Å². The SMILES string of the molecule is O=c1[nH]c(=O)n(Cc2nccn2C(F)F)cc1[N+](=O)[O-]. The average molecular weight is 287 g/mol. The van der Waals surface area contributed by atoms with Crippen LogP contribution in [0.25, 0.3) is 0 Å². The largest absolute Gasteiger partial charge is 0.350 e. The van der Waals surface area contributed by atoms with Crippen LogP contribution in [0.2, 0.25) is 0 Å². The lowest BCUT2D eigenvalue weighted by Crippen LogP contribution is -2.31. The molecule has 2 heterocycles. The van der Waals surface area contributed by atoms with E-state index in [1.54, 1.807) is 4.98 Å². The molecule has 0 aliphatic carbocycles. The number of aromatic nitrogens is 4. The highest BCUT2D eigenvalue weighted by Crippen LogP contribution is 2.13. The summed E-state index contributed by atoms with van der Waals surface area (Å²) < 4.78 is 26.4. The molecule has 2 aromatic heterocycles. The van der Waals surface area contributed by atoms with E-state index in [1.807, 2.05) is 0 Å². The van der Waals surface area contributed by atoms with Gasteiger partial charge in [0.15, 0.2) is 0 Å². The molecule has 0 aliphatic heterocycles. The summed E-state index contributed by atoms with van der Waals surface area (Å²) in [7, 11) is 0. The van der Waals surface area contributed by atoms with Gasteiger partial charge >= 0.3 is 23.5 Å². The third-order valence-corrected chi connectivity index (χ3v) is 2.46. The molecule has 9 nitrogen and oxygen atoms in total. The van der Waals surface area contributed by atoms with E-state index in [4.69, 9.17) is 0 Å². The number of nitrogens with zero attached hydrogens (tertiary/aromatic N) is 4. The lowest BCUT2D eigenvalue weighted by atomic mass is 10.5. The van der Waals surface area contributed by atoms with Gasteiger partial charge < -0.3 is 0 Å². The molecular weight excluding hydrogens is 280 g/mol. The third kappa shape index (κ3) is 2.46. The van der Waals surface area contributed by atoms with Crippen LogP contribution in [0.5, 0.6) is 0 Å². The van der Waals surface area contributed by atoms with Gasteiger partial charge in [0.1, 0.15) is 5.82 Å². The molecule has 1 N–H and O–H groups in total. The average Bonchev–Trinajstić information content (AvgIpc) is 2.80. The number of alkyl halides is 2. The zero-order chi connectivity index (χ0) is 14.9. The summed E-state index contributed by atoms with van der Waals surface area (Å²) in [4.78, 5) is 37.6. The Labute approximate surface area is 108 Å². The fraction of sp³-hybridized carbons (Fsp3) is 0.222. The Balaban J connectivity index is 2.46. The number of imidazole rings is 1. The smallest absolute Gasteiger partial charge is 0.286 e. The van der Waals surface area contributed by atoms with E-state index < -0.39 is 35.0 Å². The molecule has 0 amide bonds. The van der Waals surface area contributed by atoms with E-state index >= 15 is 0 Å². The lowest BCUT2D eigenvalue weighted by Gasteiger charge is -2.07. The number of H-pyrrole nitrogens is 1. The Morgan fingerprint density at radius 1 is 1.45 bits per heavy atom. The summed E-state index contributed by atoms with van der Waals surface area (Å²) in [6, 6.07) is 0. The van der Waals surface area contributed by atoms with Crippen LogP contribution in [0.15, 0.2) is 28.2 Å². The van der Waals surface area contributed by atoms with Crippen molar-refractivity contribution in [2.75, 3.05) is 0 Å². The van der Waals surface area contributed by atoms with Gasteiger partial charge in [-0.15, -0.1) is 0 Å². The van der Waals surface area contributed by atoms with E-state index in [9.17, 15) is 28.5 Å². The maximum absolute atomic E-state index is 12.6. The zero-order valence-electron chi connectivity index (χ0n) is 9.69. The Bertz CT molecular complexity index is 762. The lowest BCUT2D eigenvalue weighted by molar-refractivity contribution is -0.386. The van der Waals surface area contributed by atoms with Gasteiger partial charge in [-0.25, -0.2) is 9.78 Å². The van der Waals surface area contributed by atoms with Crippen LogP contribution in [0, 0.1) is 10.1 Å². The number of hydrogen-bond donors (Lipinski definition) is 1. The molecule has 20 heavy (non-hydrogen) atoms. The summed E-state index contributed by atoms with van der Waals surface area (Å²) in [5.74, 6) is -0.177. The number of halogens is 2. The van der Waals surface area contributed by atoms with Crippen molar-refractivity contribution >= 4 is 5.69 Å². The normalized spacial score (nSPS) is 10.9.